The topological polar surface area (TPSA) is 57.7 Å². The van der Waals surface area contributed by atoms with Gasteiger partial charge in [0.2, 0.25) is 5.82 Å². The second-order valence-corrected chi connectivity index (χ2v) is 6.61. The minimum atomic E-state index is -0.307. The third-order valence-electron chi connectivity index (χ3n) is 4.47. The van der Waals surface area contributed by atoms with Crippen LogP contribution in [0.3, 0.4) is 0 Å². The molecule has 0 saturated carbocycles. The summed E-state index contributed by atoms with van der Waals surface area (Å²) >= 11 is 6.39. The van der Waals surface area contributed by atoms with E-state index in [9.17, 15) is 4.39 Å². The van der Waals surface area contributed by atoms with Gasteiger partial charge in [-0.15, -0.1) is 10.2 Å². The summed E-state index contributed by atoms with van der Waals surface area (Å²) in [7, 11) is 0. The molecule has 2 aromatic carbocycles. The lowest BCUT2D eigenvalue weighted by Crippen LogP contribution is -2.23. The fourth-order valence-corrected chi connectivity index (χ4v) is 3.62. The van der Waals surface area contributed by atoms with Crippen LogP contribution in [-0.2, 0) is 13.0 Å². The van der Waals surface area contributed by atoms with Crippen molar-refractivity contribution in [3.63, 3.8) is 0 Å². The lowest BCUT2D eigenvalue weighted by atomic mass is 10.1. The van der Waals surface area contributed by atoms with Crippen molar-refractivity contribution in [2.75, 3.05) is 11.4 Å². The first-order chi connectivity index (χ1) is 12.2. The summed E-state index contributed by atoms with van der Waals surface area (Å²) in [6, 6.07) is 10.9. The SMILES string of the molecule is Fc1cc(CN2CCCCc3c(Cl)cccc32)cc(-c2nn[nH]n2)c1. The molecule has 0 atom stereocenters. The Labute approximate surface area is 149 Å². The predicted octanol–water partition coefficient (Wildman–Crippen LogP) is 4.00. The molecule has 5 nitrogen and oxygen atoms in total. The van der Waals surface area contributed by atoms with Crippen LogP contribution in [0.1, 0.15) is 24.0 Å². The number of halogens is 2. The van der Waals surface area contributed by atoms with Crippen LogP contribution in [0.4, 0.5) is 10.1 Å². The normalized spacial score (nSPS) is 14.2. The van der Waals surface area contributed by atoms with Crippen LogP contribution in [0.25, 0.3) is 11.4 Å². The summed E-state index contributed by atoms with van der Waals surface area (Å²) in [5.41, 5.74) is 3.80. The Kier molecular flexibility index (Phi) is 4.36. The van der Waals surface area contributed by atoms with E-state index >= 15 is 0 Å². The minimum Gasteiger partial charge on any atom is -0.367 e. The van der Waals surface area contributed by atoms with Crippen molar-refractivity contribution >= 4 is 17.3 Å². The third-order valence-corrected chi connectivity index (χ3v) is 4.83. The predicted molar refractivity (Wildman–Crippen MR) is 95.0 cm³/mol. The first kappa shape index (κ1) is 16.0. The van der Waals surface area contributed by atoms with E-state index in [2.05, 4.69) is 31.6 Å². The van der Waals surface area contributed by atoms with Gasteiger partial charge in [0.05, 0.1) is 0 Å². The summed E-state index contributed by atoms with van der Waals surface area (Å²) in [4.78, 5) is 2.27. The second-order valence-electron chi connectivity index (χ2n) is 6.20. The number of aromatic amines is 1. The van der Waals surface area contributed by atoms with Gasteiger partial charge in [0.25, 0.3) is 0 Å². The van der Waals surface area contributed by atoms with Gasteiger partial charge in [-0.1, -0.05) is 17.7 Å². The van der Waals surface area contributed by atoms with Gasteiger partial charge < -0.3 is 4.90 Å². The van der Waals surface area contributed by atoms with E-state index in [1.807, 2.05) is 18.2 Å². The summed E-state index contributed by atoms with van der Waals surface area (Å²) in [5, 5.41) is 14.6. The quantitative estimate of drug-likeness (QED) is 0.769. The molecule has 0 amide bonds. The van der Waals surface area contributed by atoms with Crippen LogP contribution in [0.2, 0.25) is 5.02 Å². The first-order valence-electron chi connectivity index (χ1n) is 8.26. The third kappa shape index (κ3) is 3.35. The summed E-state index contributed by atoms with van der Waals surface area (Å²) in [5.74, 6) is 0.0819. The number of H-pyrrole nitrogens is 1. The molecular weight excluding hydrogens is 341 g/mol. The van der Waals surface area contributed by atoms with Crippen LogP contribution < -0.4 is 4.90 Å². The zero-order valence-electron chi connectivity index (χ0n) is 13.5. The van der Waals surface area contributed by atoms with E-state index in [4.69, 9.17) is 11.6 Å². The van der Waals surface area contributed by atoms with Gasteiger partial charge in [0.15, 0.2) is 0 Å². The average molecular weight is 358 g/mol. The van der Waals surface area contributed by atoms with Gasteiger partial charge in [0.1, 0.15) is 5.82 Å². The number of hydrogen-bond donors (Lipinski definition) is 1. The van der Waals surface area contributed by atoms with Gasteiger partial charge >= 0.3 is 0 Å². The van der Waals surface area contributed by atoms with Crippen LogP contribution in [-0.4, -0.2) is 27.2 Å². The van der Waals surface area contributed by atoms with E-state index in [0.29, 0.717) is 17.9 Å². The molecule has 0 unspecified atom stereocenters. The zero-order chi connectivity index (χ0) is 17.2. The van der Waals surface area contributed by atoms with Crippen molar-refractivity contribution < 1.29 is 4.39 Å². The molecular formula is C18H17ClFN5. The molecule has 2 heterocycles. The van der Waals surface area contributed by atoms with E-state index in [0.717, 1.165) is 42.1 Å². The number of anilines is 1. The van der Waals surface area contributed by atoms with E-state index in [1.165, 1.54) is 11.6 Å². The fraction of sp³-hybridized carbons (Fsp3) is 0.278. The minimum absolute atomic E-state index is 0.307. The zero-order valence-corrected chi connectivity index (χ0v) is 14.3. The van der Waals surface area contributed by atoms with Gasteiger partial charge in [0, 0.05) is 29.4 Å². The first-order valence-corrected chi connectivity index (χ1v) is 8.64. The van der Waals surface area contributed by atoms with E-state index in [1.54, 1.807) is 6.07 Å². The molecule has 3 aromatic rings. The fourth-order valence-electron chi connectivity index (χ4n) is 3.36. The molecule has 128 valence electrons. The van der Waals surface area contributed by atoms with Gasteiger partial charge in [-0.3, -0.25) is 0 Å². The van der Waals surface area contributed by atoms with Gasteiger partial charge in [-0.05, 0) is 65.9 Å². The Balaban J connectivity index is 1.68. The number of benzene rings is 2. The maximum atomic E-state index is 14.1. The molecule has 0 radical (unpaired) electrons. The summed E-state index contributed by atoms with van der Waals surface area (Å²) in [6.07, 6.45) is 3.16. The summed E-state index contributed by atoms with van der Waals surface area (Å²) < 4.78 is 14.1. The largest absolute Gasteiger partial charge is 0.367 e. The molecule has 1 N–H and O–H groups in total. The van der Waals surface area contributed by atoms with Crippen LogP contribution >= 0.6 is 11.6 Å². The number of tetrazole rings is 1. The lowest BCUT2D eigenvalue weighted by molar-refractivity contribution is 0.624. The average Bonchev–Trinajstić information content (AvgIpc) is 3.05. The number of aromatic nitrogens is 4. The molecule has 1 aromatic heterocycles. The van der Waals surface area contributed by atoms with Crippen LogP contribution in [0.15, 0.2) is 36.4 Å². The standard InChI is InChI=1S/C18H17ClFN5/c19-16-5-3-6-17-15(16)4-1-2-7-25(17)11-12-8-13(10-14(20)9-12)18-21-23-24-22-18/h3,5-6,8-10H,1-2,4,7,11H2,(H,21,22,23,24). The Morgan fingerprint density at radius 1 is 1.20 bits per heavy atom. The molecule has 4 rings (SSSR count). The van der Waals surface area contributed by atoms with Crippen molar-refractivity contribution in [1.29, 1.82) is 0 Å². The van der Waals surface area contributed by atoms with Crippen LogP contribution in [0, 0.1) is 5.82 Å². The summed E-state index contributed by atoms with van der Waals surface area (Å²) in [6.45, 7) is 1.53. The Morgan fingerprint density at radius 2 is 2.12 bits per heavy atom. The van der Waals surface area contributed by atoms with E-state index in [-0.39, 0.29) is 5.82 Å². The molecule has 0 aliphatic carbocycles. The number of hydrogen-bond acceptors (Lipinski definition) is 4. The van der Waals surface area contributed by atoms with Crippen molar-refractivity contribution in [2.24, 2.45) is 0 Å². The van der Waals surface area contributed by atoms with E-state index < -0.39 is 0 Å². The maximum Gasteiger partial charge on any atom is 0.204 e. The number of fused-ring (bicyclic) bond motifs is 1. The highest BCUT2D eigenvalue weighted by Gasteiger charge is 2.18. The Hall–Kier alpha value is -2.47. The van der Waals surface area contributed by atoms with Crippen molar-refractivity contribution in [2.45, 2.75) is 25.8 Å². The highest BCUT2D eigenvalue weighted by atomic mass is 35.5. The lowest BCUT2D eigenvalue weighted by Gasteiger charge is -2.25. The highest BCUT2D eigenvalue weighted by molar-refractivity contribution is 6.31. The number of rotatable bonds is 3. The number of nitrogens with one attached hydrogen (secondary N) is 1. The van der Waals surface area contributed by atoms with Crippen LogP contribution in [0.5, 0.6) is 0 Å². The van der Waals surface area contributed by atoms with Crippen molar-refractivity contribution in [3.05, 3.63) is 58.4 Å². The smallest absolute Gasteiger partial charge is 0.204 e. The maximum absolute atomic E-state index is 14.1. The molecule has 1 aliphatic rings. The molecule has 0 saturated heterocycles. The van der Waals surface area contributed by atoms with Gasteiger partial charge in [-0.25, -0.2) is 4.39 Å². The van der Waals surface area contributed by atoms with Crippen molar-refractivity contribution in [1.82, 2.24) is 20.6 Å². The molecule has 0 fully saturated rings. The van der Waals surface area contributed by atoms with Gasteiger partial charge in [-0.2, -0.15) is 5.21 Å². The molecule has 1 aliphatic heterocycles. The Morgan fingerprint density at radius 3 is 2.96 bits per heavy atom. The Bertz CT molecular complexity index is 881. The molecule has 7 heteroatoms. The molecule has 0 bridgehead atoms. The van der Waals surface area contributed by atoms with Crippen molar-refractivity contribution in [3.8, 4) is 11.4 Å². The second kappa shape index (κ2) is 6.80. The number of nitrogens with zero attached hydrogens (tertiary/aromatic N) is 4. The molecule has 25 heavy (non-hydrogen) atoms. The monoisotopic (exact) mass is 357 g/mol. The molecule has 0 spiro atoms. The highest BCUT2D eigenvalue weighted by Crippen LogP contribution is 2.33.